The molecule has 1 aliphatic heterocycles. The van der Waals surface area contributed by atoms with Crippen LogP contribution in [0.15, 0.2) is 41.6 Å². The van der Waals surface area contributed by atoms with E-state index < -0.39 is 0 Å². The molecule has 0 unspecified atom stereocenters. The molecule has 76 valence electrons. The zero-order chi connectivity index (χ0) is 10.2. The lowest BCUT2D eigenvalue weighted by atomic mass is 10.2. The van der Waals surface area contributed by atoms with Gasteiger partial charge in [0.15, 0.2) is 0 Å². The lowest BCUT2D eigenvalue weighted by Gasteiger charge is -2.00. The van der Waals surface area contributed by atoms with Gasteiger partial charge in [-0.3, -0.25) is 0 Å². The molecule has 1 aliphatic rings. The molecule has 0 amide bonds. The van der Waals surface area contributed by atoms with Crippen LogP contribution in [-0.2, 0) is 4.84 Å². The summed E-state index contributed by atoms with van der Waals surface area (Å²) in [7, 11) is 0. The van der Waals surface area contributed by atoms with Crippen molar-refractivity contribution in [1.29, 1.82) is 0 Å². The Labute approximate surface area is 85.6 Å². The van der Waals surface area contributed by atoms with Crippen molar-refractivity contribution in [2.24, 2.45) is 5.16 Å². The molecule has 0 saturated heterocycles. The van der Waals surface area contributed by atoms with Gasteiger partial charge in [0.1, 0.15) is 6.10 Å². The summed E-state index contributed by atoms with van der Waals surface area (Å²) in [6.07, 6.45) is 2.46. The van der Waals surface area contributed by atoms with Crippen molar-refractivity contribution >= 4 is 5.71 Å². The van der Waals surface area contributed by atoms with E-state index in [0.717, 1.165) is 18.6 Å². The van der Waals surface area contributed by atoms with E-state index in [-0.39, 0.29) is 0 Å². The molecule has 1 aromatic carbocycles. The molecular weight excluding hydrogens is 174 g/mol. The summed E-state index contributed by atoms with van der Waals surface area (Å²) in [6, 6.07) is 12.0. The Kier molecular flexibility index (Phi) is 4.76. The average Bonchev–Trinajstić information content (AvgIpc) is 2.68. The molecule has 0 spiro atoms. The zero-order valence-electron chi connectivity index (χ0n) is 8.81. The van der Waals surface area contributed by atoms with Crippen LogP contribution in [0.2, 0.25) is 0 Å². The standard InChI is InChI=1S/C6H11NO.C6H6/c1-3-6-4-5(2)7-8-6;1-2-4-6-5-3-1/h6H,3-4H2,1-2H3;1-6H/t6-;/m1./s1. The molecule has 2 heteroatoms. The van der Waals surface area contributed by atoms with Crippen LogP contribution in [0.3, 0.4) is 0 Å². The second-order valence-corrected chi connectivity index (χ2v) is 3.32. The molecular formula is C12H17NO. The van der Waals surface area contributed by atoms with Gasteiger partial charge >= 0.3 is 0 Å². The van der Waals surface area contributed by atoms with Crippen LogP contribution < -0.4 is 0 Å². The summed E-state index contributed by atoms with van der Waals surface area (Å²) in [4.78, 5) is 5.00. The Hall–Kier alpha value is -1.31. The number of hydrogen-bond acceptors (Lipinski definition) is 2. The van der Waals surface area contributed by atoms with Crippen LogP contribution in [0.1, 0.15) is 26.7 Å². The number of oxime groups is 1. The molecule has 0 N–H and O–H groups in total. The van der Waals surface area contributed by atoms with Crippen molar-refractivity contribution in [2.45, 2.75) is 32.8 Å². The topological polar surface area (TPSA) is 21.6 Å². The molecule has 1 atom stereocenters. The second-order valence-electron chi connectivity index (χ2n) is 3.32. The first-order chi connectivity index (χ1) is 6.83. The predicted octanol–water partition coefficient (Wildman–Crippen LogP) is 3.25. The quantitative estimate of drug-likeness (QED) is 0.667. The maximum atomic E-state index is 5.00. The largest absolute Gasteiger partial charge is 0.392 e. The van der Waals surface area contributed by atoms with Crippen LogP contribution in [0, 0.1) is 0 Å². The minimum Gasteiger partial charge on any atom is -0.392 e. The van der Waals surface area contributed by atoms with E-state index in [1.165, 1.54) is 0 Å². The minimum atomic E-state index is 0.370. The number of nitrogens with zero attached hydrogens (tertiary/aromatic N) is 1. The molecule has 14 heavy (non-hydrogen) atoms. The Bertz CT molecular complexity index is 242. The SMILES string of the molecule is CC[C@@H]1CC(C)=NO1.c1ccccc1. The van der Waals surface area contributed by atoms with Gasteiger partial charge in [-0.15, -0.1) is 0 Å². The normalized spacial score (nSPS) is 19.0. The molecule has 0 radical (unpaired) electrons. The van der Waals surface area contributed by atoms with Crippen molar-refractivity contribution in [3.8, 4) is 0 Å². The van der Waals surface area contributed by atoms with Gasteiger partial charge in [0.25, 0.3) is 0 Å². The van der Waals surface area contributed by atoms with Crippen LogP contribution in [0.5, 0.6) is 0 Å². The fourth-order valence-corrected chi connectivity index (χ4v) is 1.17. The molecule has 0 saturated carbocycles. The number of rotatable bonds is 1. The summed E-state index contributed by atoms with van der Waals surface area (Å²) in [5.74, 6) is 0. The van der Waals surface area contributed by atoms with E-state index in [2.05, 4.69) is 12.1 Å². The molecule has 2 nitrogen and oxygen atoms in total. The molecule has 1 aromatic rings. The Balaban J connectivity index is 0.000000146. The molecule has 0 aromatic heterocycles. The van der Waals surface area contributed by atoms with Crippen molar-refractivity contribution in [3.63, 3.8) is 0 Å². The number of benzene rings is 1. The van der Waals surface area contributed by atoms with E-state index in [1.54, 1.807) is 0 Å². The highest BCUT2D eigenvalue weighted by molar-refractivity contribution is 5.82. The van der Waals surface area contributed by atoms with E-state index >= 15 is 0 Å². The van der Waals surface area contributed by atoms with Gasteiger partial charge < -0.3 is 4.84 Å². The zero-order valence-corrected chi connectivity index (χ0v) is 8.81. The van der Waals surface area contributed by atoms with Gasteiger partial charge in [0, 0.05) is 6.42 Å². The van der Waals surface area contributed by atoms with Gasteiger partial charge in [0.2, 0.25) is 0 Å². The highest BCUT2D eigenvalue weighted by atomic mass is 16.6. The van der Waals surface area contributed by atoms with Gasteiger partial charge in [-0.05, 0) is 13.3 Å². The first-order valence-electron chi connectivity index (χ1n) is 5.02. The lowest BCUT2D eigenvalue weighted by molar-refractivity contribution is 0.0829. The Morgan fingerprint density at radius 2 is 1.71 bits per heavy atom. The van der Waals surface area contributed by atoms with Crippen LogP contribution >= 0.6 is 0 Å². The third kappa shape index (κ3) is 4.08. The third-order valence-electron chi connectivity index (χ3n) is 2.00. The average molecular weight is 191 g/mol. The summed E-state index contributed by atoms with van der Waals surface area (Å²) in [6.45, 7) is 4.11. The third-order valence-corrected chi connectivity index (χ3v) is 2.00. The number of hydrogen-bond donors (Lipinski definition) is 0. The van der Waals surface area contributed by atoms with E-state index in [9.17, 15) is 0 Å². The summed E-state index contributed by atoms with van der Waals surface area (Å²) >= 11 is 0. The Morgan fingerprint density at radius 1 is 1.21 bits per heavy atom. The van der Waals surface area contributed by atoms with E-state index in [4.69, 9.17) is 4.84 Å². The smallest absolute Gasteiger partial charge is 0.132 e. The second kappa shape index (κ2) is 6.19. The molecule has 2 rings (SSSR count). The summed E-state index contributed by atoms with van der Waals surface area (Å²) in [5.41, 5.74) is 1.12. The lowest BCUT2D eigenvalue weighted by Crippen LogP contribution is -2.03. The van der Waals surface area contributed by atoms with Crippen molar-refractivity contribution in [2.75, 3.05) is 0 Å². The fourth-order valence-electron chi connectivity index (χ4n) is 1.17. The highest BCUT2D eigenvalue weighted by Gasteiger charge is 2.14. The first-order valence-corrected chi connectivity index (χ1v) is 5.02. The first kappa shape index (κ1) is 10.8. The van der Waals surface area contributed by atoms with Gasteiger partial charge in [-0.25, -0.2) is 0 Å². The van der Waals surface area contributed by atoms with E-state index in [1.807, 2.05) is 43.3 Å². The highest BCUT2D eigenvalue weighted by Crippen LogP contribution is 2.11. The van der Waals surface area contributed by atoms with Crippen molar-refractivity contribution in [3.05, 3.63) is 36.4 Å². The molecule has 0 bridgehead atoms. The van der Waals surface area contributed by atoms with Crippen LogP contribution in [-0.4, -0.2) is 11.8 Å². The van der Waals surface area contributed by atoms with E-state index in [0.29, 0.717) is 6.10 Å². The predicted molar refractivity (Wildman–Crippen MR) is 59.3 cm³/mol. The van der Waals surface area contributed by atoms with Gasteiger partial charge in [-0.1, -0.05) is 48.5 Å². The molecule has 1 heterocycles. The van der Waals surface area contributed by atoms with Crippen LogP contribution in [0.4, 0.5) is 0 Å². The molecule has 0 aliphatic carbocycles. The van der Waals surface area contributed by atoms with Gasteiger partial charge in [-0.2, -0.15) is 0 Å². The fraction of sp³-hybridized carbons (Fsp3) is 0.417. The maximum Gasteiger partial charge on any atom is 0.132 e. The van der Waals surface area contributed by atoms with Crippen molar-refractivity contribution < 1.29 is 4.84 Å². The van der Waals surface area contributed by atoms with Crippen LogP contribution in [0.25, 0.3) is 0 Å². The summed E-state index contributed by atoms with van der Waals surface area (Å²) < 4.78 is 0. The Morgan fingerprint density at radius 3 is 1.93 bits per heavy atom. The monoisotopic (exact) mass is 191 g/mol. The van der Waals surface area contributed by atoms with Gasteiger partial charge in [0.05, 0.1) is 5.71 Å². The van der Waals surface area contributed by atoms with Crippen molar-refractivity contribution in [1.82, 2.24) is 0 Å². The summed E-state index contributed by atoms with van der Waals surface area (Å²) in [5, 5.41) is 3.81. The maximum absolute atomic E-state index is 5.00. The minimum absolute atomic E-state index is 0.370. The molecule has 0 fully saturated rings.